The van der Waals surface area contributed by atoms with Crippen molar-refractivity contribution in [3.63, 3.8) is 0 Å². The Morgan fingerprint density at radius 3 is 1.17 bits per heavy atom. The Balaban J connectivity index is 4.44. The Morgan fingerprint density at radius 1 is 0.367 bits per heavy atom. The maximum absolute atomic E-state index is 12.7. The zero-order chi connectivity index (χ0) is 43.7. The van der Waals surface area contributed by atoms with Crippen molar-refractivity contribution in [1.82, 2.24) is 0 Å². The summed E-state index contributed by atoms with van der Waals surface area (Å²) in [5.41, 5.74) is 0. The lowest BCUT2D eigenvalue weighted by molar-refractivity contribution is -0.167. The van der Waals surface area contributed by atoms with Gasteiger partial charge in [0, 0.05) is 19.3 Å². The molecule has 0 aromatic carbocycles. The van der Waals surface area contributed by atoms with Gasteiger partial charge in [-0.2, -0.15) is 0 Å². The van der Waals surface area contributed by atoms with Gasteiger partial charge in [-0.1, -0.05) is 202 Å². The molecular weight excluding hydrogens is 745 g/mol. The summed E-state index contributed by atoms with van der Waals surface area (Å²) in [4.78, 5) is 37.8. The van der Waals surface area contributed by atoms with Crippen molar-refractivity contribution in [1.29, 1.82) is 0 Å². The lowest BCUT2D eigenvalue weighted by Gasteiger charge is -2.18. The second kappa shape index (κ2) is 48.3. The SMILES string of the molecule is CC/C=C\C/C=C\C/C=C\C/C=C\C/C=C\CCCCCC(=O)OCC(COC(=O)CCCCC/C=C\C=C/CCCC)OC(=O)CCCCCCCCCCCCCC. The summed E-state index contributed by atoms with van der Waals surface area (Å²) in [6, 6.07) is 0. The van der Waals surface area contributed by atoms with Crippen LogP contribution in [0.4, 0.5) is 0 Å². The monoisotopic (exact) mass is 835 g/mol. The summed E-state index contributed by atoms with van der Waals surface area (Å²) in [7, 11) is 0. The van der Waals surface area contributed by atoms with Crippen molar-refractivity contribution in [2.45, 2.75) is 226 Å². The molecule has 0 aromatic rings. The summed E-state index contributed by atoms with van der Waals surface area (Å²) in [6.45, 7) is 6.40. The minimum absolute atomic E-state index is 0.101. The van der Waals surface area contributed by atoms with Crippen LogP contribution in [0.25, 0.3) is 0 Å². The van der Waals surface area contributed by atoms with Gasteiger partial charge in [0.2, 0.25) is 0 Å². The molecule has 0 heterocycles. The van der Waals surface area contributed by atoms with Gasteiger partial charge in [-0.25, -0.2) is 0 Å². The molecule has 6 nitrogen and oxygen atoms in total. The lowest BCUT2D eigenvalue weighted by Crippen LogP contribution is -2.30. The topological polar surface area (TPSA) is 78.9 Å². The third-order valence-corrected chi connectivity index (χ3v) is 10.2. The van der Waals surface area contributed by atoms with Crippen molar-refractivity contribution in [2.75, 3.05) is 13.2 Å². The molecule has 0 saturated heterocycles. The van der Waals surface area contributed by atoms with E-state index in [4.69, 9.17) is 14.2 Å². The summed E-state index contributed by atoms with van der Waals surface area (Å²) < 4.78 is 16.7. The predicted octanol–water partition coefficient (Wildman–Crippen LogP) is 16.0. The molecule has 0 bridgehead atoms. The maximum Gasteiger partial charge on any atom is 0.306 e. The van der Waals surface area contributed by atoms with E-state index >= 15 is 0 Å². The number of allylic oxidation sites excluding steroid dienone is 14. The molecule has 0 aliphatic rings. The average molecular weight is 835 g/mol. The van der Waals surface area contributed by atoms with Gasteiger partial charge in [0.25, 0.3) is 0 Å². The molecule has 60 heavy (non-hydrogen) atoms. The van der Waals surface area contributed by atoms with Gasteiger partial charge in [-0.15, -0.1) is 0 Å². The van der Waals surface area contributed by atoms with Crippen molar-refractivity contribution >= 4 is 17.9 Å². The molecule has 0 rings (SSSR count). The van der Waals surface area contributed by atoms with Crippen LogP contribution < -0.4 is 0 Å². The Labute approximate surface area is 369 Å². The number of hydrogen-bond donors (Lipinski definition) is 0. The molecular formula is C54H90O6. The molecule has 0 radical (unpaired) electrons. The van der Waals surface area contributed by atoms with Gasteiger partial charge < -0.3 is 14.2 Å². The third kappa shape index (κ3) is 45.7. The zero-order valence-electron chi connectivity index (χ0n) is 38.9. The van der Waals surface area contributed by atoms with Crippen molar-refractivity contribution in [3.05, 3.63) is 85.1 Å². The predicted molar refractivity (Wildman–Crippen MR) is 256 cm³/mol. The van der Waals surface area contributed by atoms with E-state index in [2.05, 4.69) is 106 Å². The third-order valence-electron chi connectivity index (χ3n) is 10.2. The van der Waals surface area contributed by atoms with Gasteiger partial charge in [-0.05, 0) is 83.5 Å². The lowest BCUT2D eigenvalue weighted by atomic mass is 10.0. The van der Waals surface area contributed by atoms with Gasteiger partial charge in [-0.3, -0.25) is 14.4 Å². The fourth-order valence-corrected chi connectivity index (χ4v) is 6.44. The molecule has 0 amide bonds. The van der Waals surface area contributed by atoms with Crippen molar-refractivity contribution in [2.24, 2.45) is 0 Å². The number of esters is 3. The van der Waals surface area contributed by atoms with Gasteiger partial charge in [0.15, 0.2) is 6.10 Å². The van der Waals surface area contributed by atoms with Crippen molar-refractivity contribution in [3.8, 4) is 0 Å². The molecule has 342 valence electrons. The highest BCUT2D eigenvalue weighted by Crippen LogP contribution is 2.14. The van der Waals surface area contributed by atoms with Crippen LogP contribution in [0.1, 0.15) is 220 Å². The van der Waals surface area contributed by atoms with E-state index in [-0.39, 0.29) is 31.1 Å². The van der Waals surface area contributed by atoms with E-state index in [9.17, 15) is 14.4 Å². The maximum atomic E-state index is 12.7. The molecule has 1 unspecified atom stereocenters. The average Bonchev–Trinajstić information content (AvgIpc) is 3.24. The minimum atomic E-state index is -0.798. The smallest absolute Gasteiger partial charge is 0.306 e. The number of carbonyl (C=O) groups excluding carboxylic acids is 3. The number of hydrogen-bond acceptors (Lipinski definition) is 6. The van der Waals surface area contributed by atoms with Crippen LogP contribution in [0.2, 0.25) is 0 Å². The van der Waals surface area contributed by atoms with Crippen LogP contribution in [-0.2, 0) is 28.6 Å². The highest BCUT2D eigenvalue weighted by atomic mass is 16.6. The Hall–Kier alpha value is -3.41. The number of rotatable bonds is 43. The van der Waals surface area contributed by atoms with Gasteiger partial charge >= 0.3 is 17.9 Å². The van der Waals surface area contributed by atoms with Gasteiger partial charge in [0.05, 0.1) is 0 Å². The molecule has 1 atom stereocenters. The number of unbranched alkanes of at least 4 members (excludes halogenated alkanes) is 19. The highest BCUT2D eigenvalue weighted by Gasteiger charge is 2.19. The van der Waals surface area contributed by atoms with E-state index < -0.39 is 6.10 Å². The van der Waals surface area contributed by atoms with E-state index in [0.29, 0.717) is 19.3 Å². The second-order valence-corrected chi connectivity index (χ2v) is 16.0. The van der Waals surface area contributed by atoms with Crippen LogP contribution in [0.3, 0.4) is 0 Å². The summed E-state index contributed by atoms with van der Waals surface area (Å²) in [5.74, 6) is -0.962. The van der Waals surface area contributed by atoms with E-state index in [1.54, 1.807) is 0 Å². The standard InChI is InChI=1S/C54H90O6/c1-4-7-10-13-16-19-22-24-25-26-27-28-29-30-33-35-38-41-44-47-53(56)59-50-51(49-58-52(55)46-43-40-37-34-31-21-18-15-12-9-6-3)60-54(57)48-45-42-39-36-32-23-20-17-14-11-8-5-2/h7,10,15-16,18-19,21,24-25,27-28,30-31,33,51H,4-6,8-9,11-14,17,20,22-23,26,29,32,34-50H2,1-3H3/b10-7-,18-15-,19-16-,25-24-,28-27-,31-21-,33-30-. The molecule has 0 fully saturated rings. The van der Waals surface area contributed by atoms with E-state index in [1.807, 2.05) is 0 Å². The minimum Gasteiger partial charge on any atom is -0.462 e. The van der Waals surface area contributed by atoms with Crippen LogP contribution in [0, 0.1) is 0 Å². The quantitative estimate of drug-likeness (QED) is 0.0200. The summed E-state index contributed by atoms with van der Waals surface area (Å²) in [5, 5.41) is 0. The van der Waals surface area contributed by atoms with Crippen LogP contribution in [0.15, 0.2) is 85.1 Å². The first-order chi connectivity index (χ1) is 29.5. The van der Waals surface area contributed by atoms with Crippen molar-refractivity contribution < 1.29 is 28.6 Å². The molecule has 0 aromatic heterocycles. The first kappa shape index (κ1) is 56.6. The summed E-state index contributed by atoms with van der Waals surface area (Å²) in [6.07, 6.45) is 61.4. The number of ether oxygens (including phenoxy) is 3. The molecule has 0 saturated carbocycles. The second-order valence-electron chi connectivity index (χ2n) is 16.0. The molecule has 0 spiro atoms. The van der Waals surface area contributed by atoms with Crippen LogP contribution >= 0.6 is 0 Å². The fourth-order valence-electron chi connectivity index (χ4n) is 6.44. The zero-order valence-corrected chi connectivity index (χ0v) is 38.9. The van der Waals surface area contributed by atoms with Crippen LogP contribution in [0.5, 0.6) is 0 Å². The highest BCUT2D eigenvalue weighted by molar-refractivity contribution is 5.71. The molecule has 0 N–H and O–H groups in total. The van der Waals surface area contributed by atoms with Gasteiger partial charge in [0.1, 0.15) is 13.2 Å². The van der Waals surface area contributed by atoms with E-state index in [0.717, 1.165) is 109 Å². The Bertz CT molecular complexity index is 1190. The fraction of sp³-hybridized carbons (Fsp3) is 0.685. The largest absolute Gasteiger partial charge is 0.462 e. The number of carbonyl (C=O) groups is 3. The Kier molecular flexibility index (Phi) is 45.5. The molecule has 6 heteroatoms. The van der Waals surface area contributed by atoms with Crippen LogP contribution in [-0.4, -0.2) is 37.2 Å². The first-order valence-electron chi connectivity index (χ1n) is 24.6. The normalized spacial score (nSPS) is 12.8. The molecule has 0 aliphatic heterocycles. The first-order valence-corrected chi connectivity index (χ1v) is 24.6. The summed E-state index contributed by atoms with van der Waals surface area (Å²) >= 11 is 0. The molecule has 0 aliphatic carbocycles. The Morgan fingerprint density at radius 2 is 0.717 bits per heavy atom. The van der Waals surface area contributed by atoms with E-state index in [1.165, 1.54) is 70.6 Å².